The highest BCUT2D eigenvalue weighted by Gasteiger charge is 2.42. The molecule has 1 unspecified atom stereocenters. The summed E-state index contributed by atoms with van der Waals surface area (Å²) < 4.78 is 31.1. The van der Waals surface area contributed by atoms with Crippen LogP contribution in [0.15, 0.2) is 0 Å². The zero-order chi connectivity index (χ0) is 17.9. The first kappa shape index (κ1) is 19.1. The summed E-state index contributed by atoms with van der Waals surface area (Å²) in [6.45, 7) is 3.58. The largest absolute Gasteiger partial charge is 0.375 e. The third kappa shape index (κ3) is 4.95. The second-order valence-electron chi connectivity index (χ2n) is 8.05. The fourth-order valence-corrected chi connectivity index (χ4v) is 5.42. The van der Waals surface area contributed by atoms with Gasteiger partial charge in [0, 0.05) is 39.2 Å². The highest BCUT2D eigenvalue weighted by atomic mass is 32.2. The van der Waals surface area contributed by atoms with Gasteiger partial charge < -0.3 is 9.64 Å². The van der Waals surface area contributed by atoms with Gasteiger partial charge in [-0.25, -0.2) is 12.7 Å². The molecule has 3 aliphatic rings. The lowest BCUT2D eigenvalue weighted by Crippen LogP contribution is -2.51. The van der Waals surface area contributed by atoms with Crippen molar-refractivity contribution in [2.24, 2.45) is 5.92 Å². The summed E-state index contributed by atoms with van der Waals surface area (Å²) in [6, 6.07) is 0. The molecule has 3 aliphatic heterocycles. The average Bonchev–Trinajstić information content (AvgIpc) is 2.84. The number of hydrogen-bond acceptors (Lipinski definition) is 4. The van der Waals surface area contributed by atoms with Crippen LogP contribution in [0.2, 0.25) is 0 Å². The molecular formula is C18H32N2O4S. The Morgan fingerprint density at radius 3 is 2.32 bits per heavy atom. The van der Waals surface area contributed by atoms with E-state index in [1.54, 1.807) is 4.31 Å². The molecule has 25 heavy (non-hydrogen) atoms. The highest BCUT2D eigenvalue weighted by molar-refractivity contribution is 7.88. The van der Waals surface area contributed by atoms with Gasteiger partial charge in [0.05, 0.1) is 11.9 Å². The summed E-state index contributed by atoms with van der Waals surface area (Å²) in [5, 5.41) is 0. The third-order valence-corrected chi connectivity index (χ3v) is 7.42. The molecule has 0 N–H and O–H groups in total. The first-order valence-electron chi connectivity index (χ1n) is 9.75. The van der Waals surface area contributed by atoms with Gasteiger partial charge in [-0.1, -0.05) is 12.8 Å². The summed E-state index contributed by atoms with van der Waals surface area (Å²) in [7, 11) is -3.11. The van der Waals surface area contributed by atoms with Gasteiger partial charge in [-0.2, -0.15) is 0 Å². The lowest BCUT2D eigenvalue weighted by Gasteiger charge is -2.45. The molecule has 3 heterocycles. The van der Waals surface area contributed by atoms with Crippen molar-refractivity contribution in [2.45, 2.75) is 63.4 Å². The van der Waals surface area contributed by atoms with E-state index in [0.717, 1.165) is 51.6 Å². The molecular weight excluding hydrogens is 340 g/mol. The standard InChI is InChI=1S/C18H32N2O4S/c1-25(22,23)20-11-7-18(8-12-20)15-16(6-13-24-18)14-17(21)19-9-4-2-3-5-10-19/h16H,2-15H2,1H3. The molecule has 144 valence electrons. The van der Waals surface area contributed by atoms with E-state index < -0.39 is 10.0 Å². The Morgan fingerprint density at radius 2 is 1.72 bits per heavy atom. The predicted molar refractivity (Wildman–Crippen MR) is 96.7 cm³/mol. The Labute approximate surface area is 151 Å². The minimum Gasteiger partial charge on any atom is -0.375 e. The molecule has 3 fully saturated rings. The molecule has 0 bridgehead atoms. The van der Waals surface area contributed by atoms with Crippen LogP contribution >= 0.6 is 0 Å². The first-order chi connectivity index (χ1) is 11.9. The van der Waals surface area contributed by atoms with E-state index in [1.807, 2.05) is 0 Å². The maximum absolute atomic E-state index is 12.7. The van der Waals surface area contributed by atoms with Gasteiger partial charge in [0.1, 0.15) is 0 Å². The van der Waals surface area contributed by atoms with E-state index in [1.165, 1.54) is 19.1 Å². The van der Waals surface area contributed by atoms with E-state index in [-0.39, 0.29) is 5.60 Å². The van der Waals surface area contributed by atoms with Crippen LogP contribution in [0.5, 0.6) is 0 Å². The molecule has 1 atom stereocenters. The number of carbonyl (C=O) groups is 1. The second-order valence-corrected chi connectivity index (χ2v) is 10.0. The molecule has 0 radical (unpaired) electrons. The topological polar surface area (TPSA) is 66.9 Å². The minimum atomic E-state index is -3.11. The molecule has 0 aromatic rings. The van der Waals surface area contributed by atoms with Gasteiger partial charge in [-0.15, -0.1) is 0 Å². The quantitative estimate of drug-likeness (QED) is 0.760. The molecule has 6 nitrogen and oxygen atoms in total. The van der Waals surface area contributed by atoms with Crippen molar-refractivity contribution in [2.75, 3.05) is 39.0 Å². The number of likely N-dealkylation sites (tertiary alicyclic amines) is 1. The minimum absolute atomic E-state index is 0.219. The maximum Gasteiger partial charge on any atom is 0.222 e. The normalized spacial score (nSPS) is 28.7. The van der Waals surface area contributed by atoms with Crippen LogP contribution in [-0.4, -0.2) is 68.2 Å². The number of piperidine rings is 1. The Morgan fingerprint density at radius 1 is 1.08 bits per heavy atom. The van der Waals surface area contributed by atoms with E-state index in [9.17, 15) is 13.2 Å². The number of carbonyl (C=O) groups excluding carboxylic acids is 1. The molecule has 0 aromatic carbocycles. The van der Waals surface area contributed by atoms with Crippen LogP contribution in [0.25, 0.3) is 0 Å². The van der Waals surface area contributed by atoms with Gasteiger partial charge in [-0.3, -0.25) is 4.79 Å². The molecule has 7 heteroatoms. The van der Waals surface area contributed by atoms with Crippen molar-refractivity contribution < 1.29 is 17.9 Å². The molecule has 0 aliphatic carbocycles. The smallest absolute Gasteiger partial charge is 0.222 e. The predicted octanol–water partition coefficient (Wildman–Crippen LogP) is 2.00. The fourth-order valence-electron chi connectivity index (χ4n) is 4.57. The number of ether oxygens (including phenoxy) is 1. The molecule has 0 saturated carbocycles. The summed E-state index contributed by atoms with van der Waals surface area (Å²) >= 11 is 0. The van der Waals surface area contributed by atoms with Crippen molar-refractivity contribution in [1.82, 2.24) is 9.21 Å². The second kappa shape index (κ2) is 7.92. The summed E-state index contributed by atoms with van der Waals surface area (Å²) in [5.41, 5.74) is -0.219. The van der Waals surface area contributed by atoms with Gasteiger partial charge in [0.15, 0.2) is 0 Å². The highest BCUT2D eigenvalue weighted by Crippen LogP contribution is 2.39. The summed E-state index contributed by atoms with van der Waals surface area (Å²) in [4.78, 5) is 14.7. The SMILES string of the molecule is CS(=O)(=O)N1CCC2(CC1)CC(CC(=O)N1CCCCCC1)CCO2. The van der Waals surface area contributed by atoms with E-state index >= 15 is 0 Å². The molecule has 1 amide bonds. The van der Waals surface area contributed by atoms with Crippen molar-refractivity contribution in [1.29, 1.82) is 0 Å². The van der Waals surface area contributed by atoms with Gasteiger partial charge in [0.25, 0.3) is 0 Å². The van der Waals surface area contributed by atoms with Crippen LogP contribution in [0.3, 0.4) is 0 Å². The van der Waals surface area contributed by atoms with Gasteiger partial charge in [-0.05, 0) is 44.4 Å². The lowest BCUT2D eigenvalue weighted by molar-refractivity contribution is -0.140. The van der Waals surface area contributed by atoms with Crippen LogP contribution < -0.4 is 0 Å². The summed E-state index contributed by atoms with van der Waals surface area (Å²) in [6.07, 6.45) is 9.96. The molecule has 3 saturated heterocycles. The lowest BCUT2D eigenvalue weighted by atomic mass is 9.78. The fraction of sp³-hybridized carbons (Fsp3) is 0.944. The number of amides is 1. The zero-order valence-corrected chi connectivity index (χ0v) is 16.2. The van der Waals surface area contributed by atoms with Crippen LogP contribution in [0.1, 0.15) is 57.8 Å². The van der Waals surface area contributed by atoms with E-state index in [4.69, 9.17) is 4.74 Å². The average molecular weight is 373 g/mol. The van der Waals surface area contributed by atoms with Crippen molar-refractivity contribution in [3.63, 3.8) is 0 Å². The van der Waals surface area contributed by atoms with E-state index in [0.29, 0.717) is 37.9 Å². The Balaban J connectivity index is 1.54. The monoisotopic (exact) mass is 372 g/mol. The van der Waals surface area contributed by atoms with Gasteiger partial charge >= 0.3 is 0 Å². The van der Waals surface area contributed by atoms with Crippen molar-refractivity contribution in [3.05, 3.63) is 0 Å². The summed E-state index contributed by atoms with van der Waals surface area (Å²) in [5.74, 6) is 0.673. The van der Waals surface area contributed by atoms with Crippen LogP contribution in [0, 0.1) is 5.92 Å². The molecule has 3 rings (SSSR count). The van der Waals surface area contributed by atoms with Crippen LogP contribution in [-0.2, 0) is 19.6 Å². The first-order valence-corrected chi connectivity index (χ1v) is 11.6. The number of rotatable bonds is 3. The Kier molecular flexibility index (Phi) is 6.06. The zero-order valence-electron chi connectivity index (χ0n) is 15.4. The Bertz CT molecular complexity index is 562. The van der Waals surface area contributed by atoms with Crippen molar-refractivity contribution >= 4 is 15.9 Å². The number of hydrogen-bond donors (Lipinski definition) is 0. The Hall–Kier alpha value is -0.660. The number of nitrogens with zero attached hydrogens (tertiary/aromatic N) is 2. The van der Waals surface area contributed by atoms with Crippen LogP contribution in [0.4, 0.5) is 0 Å². The van der Waals surface area contributed by atoms with Gasteiger partial charge in [0.2, 0.25) is 15.9 Å². The molecule has 1 spiro atoms. The van der Waals surface area contributed by atoms with Crippen molar-refractivity contribution in [3.8, 4) is 0 Å². The third-order valence-electron chi connectivity index (χ3n) is 6.12. The maximum atomic E-state index is 12.7. The molecule has 0 aromatic heterocycles. The van der Waals surface area contributed by atoms with E-state index in [2.05, 4.69) is 4.90 Å². The number of sulfonamides is 1.